The van der Waals surface area contributed by atoms with Crippen molar-refractivity contribution in [3.63, 3.8) is 0 Å². The van der Waals surface area contributed by atoms with Crippen LogP contribution in [0.2, 0.25) is 0 Å². The highest BCUT2D eigenvalue weighted by Gasteiger charge is 2.27. The van der Waals surface area contributed by atoms with Crippen LogP contribution < -0.4 is 0 Å². The van der Waals surface area contributed by atoms with E-state index in [1.54, 1.807) is 4.90 Å². The summed E-state index contributed by atoms with van der Waals surface area (Å²) in [5, 5.41) is 19.3. The van der Waals surface area contributed by atoms with E-state index in [1.165, 1.54) is 23.8 Å². The molecule has 1 saturated heterocycles. The summed E-state index contributed by atoms with van der Waals surface area (Å²) in [6, 6.07) is 12.2. The maximum absolute atomic E-state index is 12.6. The Hall–Kier alpha value is -2.53. The number of carbonyl (C=O) groups excluding carboxylic acids is 1. The number of nitrogens with zero attached hydrogens (tertiary/aromatic N) is 1. The number of aromatic hydroxyl groups is 2. The minimum absolute atomic E-state index is 0.0695. The number of morpholine rings is 1. The second kappa shape index (κ2) is 6.93. The first kappa shape index (κ1) is 16.3. The molecule has 1 atom stereocenters. The van der Waals surface area contributed by atoms with Crippen molar-refractivity contribution in [1.29, 1.82) is 0 Å². The zero-order valence-electron chi connectivity index (χ0n) is 13.6. The van der Waals surface area contributed by atoms with Gasteiger partial charge >= 0.3 is 0 Å². The number of hydrogen-bond acceptors (Lipinski definition) is 4. The Morgan fingerprint density at radius 3 is 2.62 bits per heavy atom. The van der Waals surface area contributed by atoms with E-state index in [0.29, 0.717) is 19.7 Å². The van der Waals surface area contributed by atoms with Crippen molar-refractivity contribution in [1.82, 2.24) is 4.90 Å². The molecule has 0 aliphatic carbocycles. The van der Waals surface area contributed by atoms with Crippen LogP contribution in [-0.2, 0) is 11.2 Å². The van der Waals surface area contributed by atoms with Gasteiger partial charge in [0.25, 0.3) is 5.91 Å². The summed E-state index contributed by atoms with van der Waals surface area (Å²) in [5.41, 5.74) is 2.49. The molecule has 0 aromatic heterocycles. The SMILES string of the molecule is CCc1ccc(C2CN(C(=O)c3ccc(O)cc3O)CCO2)cc1. The molecule has 1 amide bonds. The van der Waals surface area contributed by atoms with Crippen LogP contribution in [0.4, 0.5) is 0 Å². The van der Waals surface area contributed by atoms with Gasteiger partial charge in [-0.1, -0.05) is 31.2 Å². The van der Waals surface area contributed by atoms with E-state index in [9.17, 15) is 15.0 Å². The van der Waals surface area contributed by atoms with Crippen LogP contribution in [0.1, 0.15) is 34.5 Å². The maximum atomic E-state index is 12.6. The van der Waals surface area contributed by atoms with Gasteiger partial charge < -0.3 is 19.8 Å². The fourth-order valence-corrected chi connectivity index (χ4v) is 2.87. The summed E-state index contributed by atoms with van der Waals surface area (Å²) < 4.78 is 5.81. The molecule has 1 heterocycles. The molecule has 0 radical (unpaired) electrons. The van der Waals surface area contributed by atoms with Crippen molar-refractivity contribution in [2.24, 2.45) is 0 Å². The Bertz CT molecular complexity index is 727. The van der Waals surface area contributed by atoms with Crippen LogP contribution in [0, 0.1) is 0 Å². The van der Waals surface area contributed by atoms with Gasteiger partial charge in [-0.15, -0.1) is 0 Å². The molecular weight excluding hydrogens is 306 g/mol. The minimum atomic E-state index is -0.258. The Morgan fingerprint density at radius 2 is 1.96 bits per heavy atom. The number of rotatable bonds is 3. The first-order chi connectivity index (χ1) is 11.6. The number of amides is 1. The van der Waals surface area contributed by atoms with Gasteiger partial charge in [0.15, 0.2) is 0 Å². The van der Waals surface area contributed by atoms with Gasteiger partial charge in [-0.3, -0.25) is 4.79 Å². The summed E-state index contributed by atoms with van der Waals surface area (Å²) in [6.07, 6.45) is 0.809. The molecule has 126 valence electrons. The summed E-state index contributed by atoms with van der Waals surface area (Å²) in [7, 11) is 0. The van der Waals surface area contributed by atoms with Gasteiger partial charge in [0, 0.05) is 12.6 Å². The molecule has 2 aromatic carbocycles. The van der Waals surface area contributed by atoms with Crippen molar-refractivity contribution >= 4 is 5.91 Å². The highest BCUT2D eigenvalue weighted by molar-refractivity contribution is 5.97. The van der Waals surface area contributed by atoms with Crippen LogP contribution in [0.5, 0.6) is 11.5 Å². The molecule has 2 aromatic rings. The quantitative estimate of drug-likeness (QED) is 0.909. The molecule has 0 bridgehead atoms. The first-order valence-corrected chi connectivity index (χ1v) is 8.10. The highest BCUT2D eigenvalue weighted by atomic mass is 16.5. The fraction of sp³-hybridized carbons (Fsp3) is 0.316. The number of ether oxygens (including phenoxy) is 1. The Morgan fingerprint density at radius 1 is 1.21 bits per heavy atom. The zero-order chi connectivity index (χ0) is 17.1. The maximum Gasteiger partial charge on any atom is 0.257 e. The number of phenolic OH excluding ortho intramolecular Hbond substituents is 2. The second-order valence-electron chi connectivity index (χ2n) is 5.91. The Labute approximate surface area is 141 Å². The summed E-state index contributed by atoms with van der Waals surface area (Å²) in [4.78, 5) is 14.3. The van der Waals surface area contributed by atoms with E-state index in [4.69, 9.17) is 4.74 Å². The molecule has 1 fully saturated rings. The lowest BCUT2D eigenvalue weighted by molar-refractivity contribution is -0.0229. The Kier molecular flexibility index (Phi) is 4.71. The van der Waals surface area contributed by atoms with E-state index < -0.39 is 0 Å². The zero-order valence-corrected chi connectivity index (χ0v) is 13.6. The van der Waals surface area contributed by atoms with E-state index in [-0.39, 0.29) is 29.1 Å². The van der Waals surface area contributed by atoms with Crippen LogP contribution >= 0.6 is 0 Å². The van der Waals surface area contributed by atoms with Crippen molar-refractivity contribution < 1.29 is 19.7 Å². The first-order valence-electron chi connectivity index (χ1n) is 8.10. The van der Waals surface area contributed by atoms with E-state index >= 15 is 0 Å². The summed E-state index contributed by atoms with van der Waals surface area (Å²) >= 11 is 0. The van der Waals surface area contributed by atoms with Gasteiger partial charge in [0.1, 0.15) is 17.6 Å². The van der Waals surface area contributed by atoms with E-state index in [2.05, 4.69) is 19.1 Å². The van der Waals surface area contributed by atoms with Crippen molar-refractivity contribution in [3.8, 4) is 11.5 Å². The Balaban J connectivity index is 1.75. The molecule has 24 heavy (non-hydrogen) atoms. The third-order valence-corrected chi connectivity index (χ3v) is 4.33. The lowest BCUT2D eigenvalue weighted by Gasteiger charge is -2.33. The van der Waals surface area contributed by atoms with Crippen molar-refractivity contribution in [2.75, 3.05) is 19.7 Å². The normalized spacial score (nSPS) is 17.7. The summed E-state index contributed by atoms with van der Waals surface area (Å²) in [6.45, 7) is 3.47. The predicted molar refractivity (Wildman–Crippen MR) is 90.2 cm³/mol. The monoisotopic (exact) mass is 327 g/mol. The average molecular weight is 327 g/mol. The number of carbonyl (C=O) groups is 1. The smallest absolute Gasteiger partial charge is 0.257 e. The largest absolute Gasteiger partial charge is 0.508 e. The molecule has 1 aliphatic rings. The van der Waals surface area contributed by atoms with Crippen LogP contribution in [0.15, 0.2) is 42.5 Å². The molecule has 0 spiro atoms. The van der Waals surface area contributed by atoms with Crippen molar-refractivity contribution in [2.45, 2.75) is 19.4 Å². The summed E-state index contributed by atoms with van der Waals surface area (Å²) in [5.74, 6) is -0.541. The predicted octanol–water partition coefficient (Wildman–Crippen LogP) is 2.87. The molecule has 1 aliphatic heterocycles. The van der Waals surface area contributed by atoms with Gasteiger partial charge in [0.05, 0.1) is 18.7 Å². The average Bonchev–Trinajstić information content (AvgIpc) is 2.61. The lowest BCUT2D eigenvalue weighted by Crippen LogP contribution is -2.42. The second-order valence-corrected chi connectivity index (χ2v) is 5.91. The third-order valence-electron chi connectivity index (χ3n) is 4.33. The molecule has 3 rings (SSSR count). The molecule has 5 nitrogen and oxygen atoms in total. The highest BCUT2D eigenvalue weighted by Crippen LogP contribution is 2.27. The molecular formula is C19H21NO4. The number of hydrogen-bond donors (Lipinski definition) is 2. The van der Waals surface area contributed by atoms with Crippen molar-refractivity contribution in [3.05, 3.63) is 59.2 Å². The van der Waals surface area contributed by atoms with Crippen LogP contribution in [0.25, 0.3) is 0 Å². The van der Waals surface area contributed by atoms with E-state index in [1.807, 2.05) is 12.1 Å². The molecule has 5 heteroatoms. The standard InChI is InChI=1S/C19H21NO4/c1-2-13-3-5-14(6-4-13)18-12-20(9-10-24-18)19(23)16-8-7-15(21)11-17(16)22/h3-8,11,18,21-22H,2,9-10,12H2,1H3. The van der Waals surface area contributed by atoms with Crippen LogP contribution in [-0.4, -0.2) is 40.7 Å². The fourth-order valence-electron chi connectivity index (χ4n) is 2.87. The van der Waals surface area contributed by atoms with Gasteiger partial charge in [-0.2, -0.15) is 0 Å². The van der Waals surface area contributed by atoms with E-state index in [0.717, 1.165) is 12.0 Å². The third kappa shape index (κ3) is 3.36. The minimum Gasteiger partial charge on any atom is -0.508 e. The van der Waals surface area contributed by atoms with Gasteiger partial charge in [0.2, 0.25) is 0 Å². The van der Waals surface area contributed by atoms with Crippen LogP contribution in [0.3, 0.4) is 0 Å². The number of phenols is 2. The molecule has 2 N–H and O–H groups in total. The van der Waals surface area contributed by atoms with Gasteiger partial charge in [-0.25, -0.2) is 0 Å². The molecule has 1 unspecified atom stereocenters. The molecule has 0 saturated carbocycles. The lowest BCUT2D eigenvalue weighted by atomic mass is 10.0. The topological polar surface area (TPSA) is 70.0 Å². The number of aryl methyl sites for hydroxylation is 1. The number of benzene rings is 2. The van der Waals surface area contributed by atoms with Gasteiger partial charge in [-0.05, 0) is 29.7 Å².